The number of benzene rings is 13. The number of nitrogens with zero attached hydrogens (tertiary/aromatic N) is 3. The Morgan fingerprint density at radius 3 is 1.43 bits per heavy atom. The van der Waals surface area contributed by atoms with Gasteiger partial charge in [0.05, 0.1) is 22.2 Å². The van der Waals surface area contributed by atoms with Crippen molar-refractivity contribution in [2.45, 2.75) is 52.4 Å². The molecule has 0 saturated heterocycles. The van der Waals surface area contributed by atoms with E-state index in [2.05, 4.69) is 239 Å². The summed E-state index contributed by atoms with van der Waals surface area (Å²) in [6.07, 6.45) is 4.11. The van der Waals surface area contributed by atoms with Gasteiger partial charge >= 0.3 is 0 Å². The zero-order valence-electron chi connectivity index (χ0n) is 43.9. The molecule has 0 N–H and O–H groups in total. The van der Waals surface area contributed by atoms with E-state index in [4.69, 9.17) is 4.98 Å². The smallest absolute Gasteiger partial charge is 0.252 e. The fourth-order valence-corrected chi connectivity index (χ4v) is 15.2. The zero-order chi connectivity index (χ0) is 51.1. The molecule has 0 atom stereocenters. The number of fused-ring (bicyclic) bond motifs is 31. The molecule has 0 saturated carbocycles. The average molecular weight is 980 g/mol. The van der Waals surface area contributed by atoms with Gasteiger partial charge in [0.2, 0.25) is 0 Å². The van der Waals surface area contributed by atoms with E-state index < -0.39 is 0 Å². The molecule has 2 aliphatic heterocycles. The summed E-state index contributed by atoms with van der Waals surface area (Å²) in [6.45, 7) is 14.1. The molecule has 4 heteroatoms. The van der Waals surface area contributed by atoms with Crippen LogP contribution in [0.4, 0.5) is 0 Å². The zero-order valence-corrected chi connectivity index (χ0v) is 43.9. The second-order valence-corrected chi connectivity index (χ2v) is 24.5. The Hall–Kier alpha value is -8.99. The third-order valence-corrected chi connectivity index (χ3v) is 18.5. The fraction of sp³-hybridized carbons (Fsp3) is 0.110. The van der Waals surface area contributed by atoms with Crippen LogP contribution in [0, 0.1) is 0 Å². The third kappa shape index (κ3) is 5.13. The van der Waals surface area contributed by atoms with Crippen LogP contribution in [0.1, 0.15) is 52.7 Å². The van der Waals surface area contributed by atoms with Crippen molar-refractivity contribution in [3.05, 3.63) is 206 Å². The number of rotatable bonds is 0. The highest BCUT2D eigenvalue weighted by Crippen LogP contribution is 2.51. The van der Waals surface area contributed by atoms with E-state index in [0.29, 0.717) is 0 Å². The van der Waals surface area contributed by atoms with Crippen LogP contribution in [0.5, 0.6) is 0 Å². The summed E-state index contributed by atoms with van der Waals surface area (Å²) in [5.74, 6) is 0. The maximum Gasteiger partial charge on any atom is 0.252 e. The molecule has 0 radical (unpaired) electrons. The molecule has 2 aliphatic rings. The maximum absolute atomic E-state index is 4.83. The monoisotopic (exact) mass is 979 g/mol. The first-order valence-corrected chi connectivity index (χ1v) is 27.5. The van der Waals surface area contributed by atoms with Gasteiger partial charge in [0.25, 0.3) is 6.71 Å². The Balaban J connectivity index is 1.18. The number of hydrogen-bond donors (Lipinski definition) is 0. The van der Waals surface area contributed by atoms with Crippen molar-refractivity contribution in [3.8, 4) is 11.4 Å². The lowest BCUT2D eigenvalue weighted by molar-refractivity contribution is 0.590. The summed E-state index contributed by atoms with van der Waals surface area (Å²) in [4.78, 5) is 4.83. The van der Waals surface area contributed by atoms with Crippen molar-refractivity contribution in [2.24, 2.45) is 0 Å². The van der Waals surface area contributed by atoms with Crippen molar-refractivity contribution in [1.29, 1.82) is 0 Å². The molecular weight excluding hydrogens is 930 g/mol. The van der Waals surface area contributed by atoms with Gasteiger partial charge in [0, 0.05) is 66.7 Å². The lowest BCUT2D eigenvalue weighted by atomic mass is 9.33. The number of pyridine rings is 1. The van der Waals surface area contributed by atoms with Crippen molar-refractivity contribution in [1.82, 2.24) is 14.1 Å². The molecule has 18 rings (SSSR count). The molecule has 16 aromatic rings. The minimum absolute atomic E-state index is 0.0331. The van der Waals surface area contributed by atoms with Crippen molar-refractivity contribution < 1.29 is 0 Å². The van der Waals surface area contributed by atoms with Crippen LogP contribution in [0.3, 0.4) is 0 Å². The van der Waals surface area contributed by atoms with Crippen LogP contribution in [0.25, 0.3) is 152 Å². The van der Waals surface area contributed by atoms with Gasteiger partial charge in [-0.1, -0.05) is 187 Å². The first kappa shape index (κ1) is 42.3. The maximum atomic E-state index is 4.83. The second kappa shape index (κ2) is 14.1. The van der Waals surface area contributed by atoms with Gasteiger partial charge in [0.15, 0.2) is 0 Å². The van der Waals surface area contributed by atoms with E-state index in [9.17, 15) is 0 Å². The summed E-state index contributed by atoms with van der Waals surface area (Å²) in [6, 6.07) is 70.7. The van der Waals surface area contributed by atoms with E-state index in [1.807, 2.05) is 6.20 Å². The first-order chi connectivity index (χ1) is 37.5. The Labute approximate surface area is 444 Å². The molecular formula is C73H50BN3. The molecule has 0 fully saturated rings. The highest BCUT2D eigenvalue weighted by molar-refractivity contribution is 7.01. The molecule has 0 aliphatic carbocycles. The lowest BCUT2D eigenvalue weighted by Crippen LogP contribution is -2.59. The fourth-order valence-electron chi connectivity index (χ4n) is 15.2. The molecule has 0 bridgehead atoms. The van der Waals surface area contributed by atoms with Gasteiger partial charge in [-0.3, -0.25) is 4.98 Å². The minimum atomic E-state index is -0.116. The van der Waals surface area contributed by atoms with Gasteiger partial charge in [-0.15, -0.1) is 0 Å². The molecule has 3 nitrogen and oxygen atoms in total. The predicted molar refractivity (Wildman–Crippen MR) is 333 cm³/mol. The summed E-state index contributed by atoms with van der Waals surface area (Å²) in [5.41, 5.74) is 14.3. The molecule has 0 spiro atoms. The van der Waals surface area contributed by atoms with Gasteiger partial charge in [0.1, 0.15) is 0 Å². The highest BCUT2D eigenvalue weighted by Gasteiger charge is 2.44. The first-order valence-electron chi connectivity index (χ1n) is 27.5. The van der Waals surface area contributed by atoms with Crippen LogP contribution in [-0.2, 0) is 10.8 Å². The predicted octanol–water partition coefficient (Wildman–Crippen LogP) is 17.4. The number of aromatic nitrogens is 3. The summed E-state index contributed by atoms with van der Waals surface area (Å²) < 4.78 is 5.46. The molecule has 77 heavy (non-hydrogen) atoms. The normalized spacial score (nSPS) is 13.6. The summed E-state index contributed by atoms with van der Waals surface area (Å²) in [7, 11) is 0. The van der Waals surface area contributed by atoms with E-state index >= 15 is 0 Å². The van der Waals surface area contributed by atoms with Crippen molar-refractivity contribution in [2.75, 3.05) is 0 Å². The van der Waals surface area contributed by atoms with Crippen LogP contribution >= 0.6 is 0 Å². The SMILES string of the molecule is CC(C)(C)c1ccc2c(c1)c1cc(C(C)(C)C)cc3c1n2-c1c2c(cc4c5ccccc5c5cnccc5c14)-n1c4ccc5c6ccccc6c6ccccc6c5c4c4c5c6ccccc6c6ccccc6c5cc(c41)B23. The lowest BCUT2D eigenvalue weighted by Gasteiger charge is -2.36. The van der Waals surface area contributed by atoms with Crippen LogP contribution in [0.2, 0.25) is 0 Å². The Morgan fingerprint density at radius 1 is 0.338 bits per heavy atom. The van der Waals surface area contributed by atoms with Gasteiger partial charge < -0.3 is 9.13 Å². The molecule has 3 aromatic heterocycles. The molecule has 0 unspecified atom stereocenters. The molecule has 360 valence electrons. The van der Waals surface area contributed by atoms with Gasteiger partial charge in [-0.05, 0) is 150 Å². The molecule has 0 amide bonds. The summed E-state index contributed by atoms with van der Waals surface area (Å²) in [5, 5.41) is 28.3. The van der Waals surface area contributed by atoms with Crippen molar-refractivity contribution >= 4 is 164 Å². The van der Waals surface area contributed by atoms with Crippen LogP contribution in [-0.4, -0.2) is 20.8 Å². The largest absolute Gasteiger partial charge is 0.310 e. The summed E-state index contributed by atoms with van der Waals surface area (Å²) >= 11 is 0. The highest BCUT2D eigenvalue weighted by atomic mass is 15.0. The standard InChI is InChI=1S/C73H50BN3/c1-72(2,3)39-27-29-60-53(33-39)56-34-40(73(4,5)6)35-58-69(56)77(60)71-65-52-31-32-75-38-57(52)48-24-12-11-23-47(48)55(65)37-62-68(71)74(58)59-36-54-46-22-10-8-18-42(46)44-20-14-16-26-50(44)64(54)67-66-61(76(62)70(59)67)30-28-51-45-21-9-7-17-41(45)43-19-13-15-25-49(43)63(51)66/h7-38H,1-6H3. The Kier molecular flexibility index (Phi) is 7.73. The van der Waals surface area contributed by atoms with E-state index in [1.54, 1.807) is 0 Å². The minimum Gasteiger partial charge on any atom is -0.310 e. The van der Waals surface area contributed by atoms with E-state index in [0.717, 1.165) is 0 Å². The third-order valence-electron chi connectivity index (χ3n) is 18.5. The van der Waals surface area contributed by atoms with Crippen LogP contribution < -0.4 is 16.4 Å². The number of hydrogen-bond acceptors (Lipinski definition) is 1. The van der Waals surface area contributed by atoms with E-state index in [-0.39, 0.29) is 17.5 Å². The van der Waals surface area contributed by atoms with Crippen LogP contribution in [0.15, 0.2) is 194 Å². The van der Waals surface area contributed by atoms with Gasteiger partial charge in [-0.25, -0.2) is 0 Å². The topological polar surface area (TPSA) is 22.8 Å². The second-order valence-electron chi connectivity index (χ2n) is 24.5. The quantitative estimate of drug-likeness (QED) is 0.110. The Morgan fingerprint density at radius 2 is 0.818 bits per heavy atom. The molecule has 13 aromatic carbocycles. The van der Waals surface area contributed by atoms with Gasteiger partial charge in [-0.2, -0.15) is 0 Å². The Bertz CT molecular complexity index is 5450. The average Bonchev–Trinajstić information content (AvgIpc) is 3.20. The molecule has 5 heterocycles. The van der Waals surface area contributed by atoms with E-state index in [1.165, 1.54) is 179 Å². The van der Waals surface area contributed by atoms with Crippen molar-refractivity contribution in [3.63, 3.8) is 0 Å².